The second-order valence-electron chi connectivity index (χ2n) is 5.17. The molecule has 25 heavy (non-hydrogen) atoms. The number of fused-ring (bicyclic) bond motifs is 1. The first-order chi connectivity index (χ1) is 12.0. The molecular weight excluding hydrogens is 344 g/mol. The fourth-order valence-electron chi connectivity index (χ4n) is 2.52. The van der Waals surface area contributed by atoms with Gasteiger partial charge in [-0.3, -0.25) is 14.4 Å². The van der Waals surface area contributed by atoms with E-state index in [9.17, 15) is 13.2 Å². The van der Waals surface area contributed by atoms with Gasteiger partial charge in [-0.25, -0.2) is 8.42 Å². The van der Waals surface area contributed by atoms with Gasteiger partial charge in [-0.1, -0.05) is 24.3 Å². The first-order valence-electron chi connectivity index (χ1n) is 7.35. The molecule has 0 aromatic heterocycles. The van der Waals surface area contributed by atoms with E-state index in [4.69, 9.17) is 9.47 Å². The van der Waals surface area contributed by atoms with Gasteiger partial charge in [-0.2, -0.15) is 0 Å². The summed E-state index contributed by atoms with van der Waals surface area (Å²) in [6.07, 6.45) is 8.02. The van der Waals surface area contributed by atoms with Crippen LogP contribution in [0.25, 0.3) is 5.76 Å². The zero-order valence-electron chi connectivity index (χ0n) is 13.6. The molecule has 1 N–H and O–H groups in total. The third-order valence-electron chi connectivity index (χ3n) is 3.70. The molecule has 0 fully saturated rings. The van der Waals surface area contributed by atoms with Crippen LogP contribution in [-0.2, 0) is 24.3 Å². The van der Waals surface area contributed by atoms with Gasteiger partial charge in [-0.15, -0.1) is 0 Å². The molecule has 8 heteroatoms. The van der Waals surface area contributed by atoms with Crippen LogP contribution in [0.1, 0.15) is 5.56 Å². The van der Waals surface area contributed by atoms with Crippen LogP contribution in [-0.4, -0.2) is 32.8 Å². The number of ether oxygens (including phenoxy) is 2. The van der Waals surface area contributed by atoms with E-state index in [1.165, 1.54) is 26.5 Å². The van der Waals surface area contributed by atoms with E-state index in [1.54, 1.807) is 42.5 Å². The van der Waals surface area contributed by atoms with Gasteiger partial charge >= 0.3 is 0 Å². The zero-order valence-corrected chi connectivity index (χ0v) is 14.4. The summed E-state index contributed by atoms with van der Waals surface area (Å²) in [6, 6.07) is 6.37. The second kappa shape index (κ2) is 6.48. The van der Waals surface area contributed by atoms with Gasteiger partial charge in [0.2, 0.25) is 0 Å². The number of nitrogens with one attached hydrogen (secondary N) is 1. The predicted molar refractivity (Wildman–Crippen MR) is 90.9 cm³/mol. The number of benzene rings is 1. The van der Waals surface area contributed by atoms with Crippen molar-refractivity contribution in [2.24, 2.45) is 0 Å². The van der Waals surface area contributed by atoms with Gasteiger partial charge in [0.05, 0.1) is 18.3 Å². The molecular formula is C17H16N2O5S. The van der Waals surface area contributed by atoms with Crippen LogP contribution >= 0.6 is 0 Å². The highest BCUT2D eigenvalue weighted by Gasteiger charge is 2.38. The van der Waals surface area contributed by atoms with Gasteiger partial charge in [0.15, 0.2) is 17.3 Å². The molecule has 2 heterocycles. The molecule has 0 bridgehead atoms. The van der Waals surface area contributed by atoms with Crippen LogP contribution in [0.15, 0.2) is 71.3 Å². The van der Waals surface area contributed by atoms with E-state index >= 15 is 0 Å². The third-order valence-corrected chi connectivity index (χ3v) is 5.51. The van der Waals surface area contributed by atoms with Crippen molar-refractivity contribution in [3.63, 3.8) is 0 Å². The number of sulfonamides is 1. The van der Waals surface area contributed by atoms with Crippen molar-refractivity contribution in [3.8, 4) is 0 Å². The Kier molecular flexibility index (Phi) is 4.37. The molecule has 1 aromatic rings. The van der Waals surface area contributed by atoms with Crippen LogP contribution in [0.3, 0.4) is 0 Å². The minimum Gasteiger partial charge on any atom is -0.494 e. The topological polar surface area (TPSA) is 84.9 Å². The van der Waals surface area contributed by atoms with Gasteiger partial charge in [0.25, 0.3) is 15.9 Å². The first-order valence-corrected chi connectivity index (χ1v) is 8.79. The summed E-state index contributed by atoms with van der Waals surface area (Å²) in [7, 11) is -1.17. The molecule has 0 aliphatic carbocycles. The Hall–Kier alpha value is -3.00. The smallest absolute Gasteiger partial charge is 0.279 e. The van der Waals surface area contributed by atoms with E-state index in [1.807, 2.05) is 0 Å². The van der Waals surface area contributed by atoms with E-state index < -0.39 is 15.9 Å². The largest absolute Gasteiger partial charge is 0.494 e. The van der Waals surface area contributed by atoms with Crippen LogP contribution in [0.4, 0.5) is 0 Å². The zero-order chi connectivity index (χ0) is 18.0. The number of amides is 1. The fourth-order valence-corrected chi connectivity index (χ4v) is 3.91. The average molecular weight is 360 g/mol. The van der Waals surface area contributed by atoms with Crippen molar-refractivity contribution >= 4 is 21.7 Å². The Balaban J connectivity index is 2.08. The fraction of sp³-hybridized carbons (Fsp3) is 0.118. The maximum atomic E-state index is 12.7. The van der Waals surface area contributed by atoms with E-state index in [-0.39, 0.29) is 22.2 Å². The normalized spacial score (nSPS) is 18.0. The molecule has 0 radical (unpaired) electrons. The van der Waals surface area contributed by atoms with E-state index in [0.29, 0.717) is 5.56 Å². The van der Waals surface area contributed by atoms with Crippen LogP contribution < -0.4 is 5.32 Å². The summed E-state index contributed by atoms with van der Waals surface area (Å²) in [5.74, 6) is -0.319. The highest BCUT2D eigenvalue weighted by Crippen LogP contribution is 2.36. The minimum atomic E-state index is -3.86. The minimum absolute atomic E-state index is 0.0849. The molecule has 0 spiro atoms. The highest BCUT2D eigenvalue weighted by molar-refractivity contribution is 7.89. The number of allylic oxidation sites excluding steroid dienone is 4. The van der Waals surface area contributed by atoms with Crippen LogP contribution in [0.5, 0.6) is 0 Å². The Bertz CT molecular complexity index is 942. The quantitative estimate of drug-likeness (QED) is 0.887. The Morgan fingerprint density at radius 2 is 1.96 bits per heavy atom. The molecule has 1 aromatic carbocycles. The van der Waals surface area contributed by atoms with Crippen molar-refractivity contribution < 1.29 is 22.7 Å². The Morgan fingerprint density at radius 3 is 2.72 bits per heavy atom. The van der Waals surface area contributed by atoms with Gasteiger partial charge in [0, 0.05) is 12.6 Å². The summed E-state index contributed by atoms with van der Waals surface area (Å²) >= 11 is 0. The lowest BCUT2D eigenvalue weighted by Crippen LogP contribution is -2.40. The summed E-state index contributed by atoms with van der Waals surface area (Å²) in [5.41, 5.74) is 0.215. The molecule has 3 rings (SSSR count). The molecule has 0 unspecified atom stereocenters. The molecule has 0 atom stereocenters. The van der Waals surface area contributed by atoms with Crippen molar-refractivity contribution in [3.05, 3.63) is 72.0 Å². The summed E-state index contributed by atoms with van der Waals surface area (Å²) in [5, 5.41) is 2.55. The van der Waals surface area contributed by atoms with Gasteiger partial charge < -0.3 is 9.47 Å². The van der Waals surface area contributed by atoms with Crippen LogP contribution in [0, 0.1) is 0 Å². The number of carbonyl (C=O) groups is 1. The molecule has 0 saturated heterocycles. The lowest BCUT2D eigenvalue weighted by molar-refractivity contribution is -0.118. The van der Waals surface area contributed by atoms with Crippen molar-refractivity contribution in [2.75, 3.05) is 14.2 Å². The second-order valence-corrected chi connectivity index (χ2v) is 7.10. The SMILES string of the molecule is COC1=C(C(=O)NC2=CC=CC=CO2)N(C)S(=O)(=O)c2ccccc21. The van der Waals surface area contributed by atoms with Crippen molar-refractivity contribution in [1.82, 2.24) is 9.62 Å². The summed E-state index contributed by atoms with van der Waals surface area (Å²) in [6.45, 7) is 0. The standard InChI is InChI=1S/C17H16N2O5S/c1-19-15(17(20)18-14-10-4-3-7-11-24-14)16(23-2)12-8-5-6-9-13(12)25(19,21)22/h3-11H,1-2H3,(H,18,20). The number of rotatable bonds is 3. The Morgan fingerprint density at radius 1 is 1.20 bits per heavy atom. The molecule has 2 aliphatic rings. The van der Waals surface area contributed by atoms with E-state index in [0.717, 1.165) is 4.31 Å². The average Bonchev–Trinajstić information content (AvgIpc) is 2.86. The number of hydrogen-bond acceptors (Lipinski definition) is 5. The lowest BCUT2D eigenvalue weighted by atomic mass is 10.1. The number of carbonyl (C=O) groups excluding carboxylic acids is 1. The van der Waals surface area contributed by atoms with Gasteiger partial charge in [0.1, 0.15) is 0 Å². The number of hydrogen-bond donors (Lipinski definition) is 1. The molecule has 130 valence electrons. The lowest BCUT2D eigenvalue weighted by Gasteiger charge is -2.29. The number of likely N-dealkylation sites (N-methyl/N-ethyl adjacent to an activating group) is 1. The summed E-state index contributed by atoms with van der Waals surface area (Å²) < 4.78 is 36.9. The number of methoxy groups -OCH3 is 1. The maximum Gasteiger partial charge on any atom is 0.279 e. The Labute approximate surface area is 145 Å². The van der Waals surface area contributed by atoms with Gasteiger partial charge in [-0.05, 0) is 24.3 Å². The highest BCUT2D eigenvalue weighted by atomic mass is 32.2. The summed E-state index contributed by atoms with van der Waals surface area (Å²) in [4.78, 5) is 12.8. The molecule has 1 amide bonds. The van der Waals surface area contributed by atoms with E-state index in [2.05, 4.69) is 5.32 Å². The maximum absolute atomic E-state index is 12.7. The third kappa shape index (κ3) is 2.91. The predicted octanol–water partition coefficient (Wildman–Crippen LogP) is 1.69. The molecule has 0 saturated carbocycles. The van der Waals surface area contributed by atoms with Crippen LogP contribution in [0.2, 0.25) is 0 Å². The molecule has 7 nitrogen and oxygen atoms in total. The molecule has 2 aliphatic heterocycles. The monoisotopic (exact) mass is 360 g/mol. The first kappa shape index (κ1) is 16.8. The van der Waals surface area contributed by atoms with Crippen molar-refractivity contribution in [1.29, 1.82) is 0 Å². The number of nitrogens with zero attached hydrogens (tertiary/aromatic N) is 1. The van der Waals surface area contributed by atoms with Crippen molar-refractivity contribution in [2.45, 2.75) is 4.90 Å².